The third-order valence-corrected chi connectivity index (χ3v) is 5.33. The molecule has 132 valence electrons. The summed E-state index contributed by atoms with van der Waals surface area (Å²) >= 11 is 1.17. The molecule has 0 aliphatic rings. The van der Waals surface area contributed by atoms with E-state index < -0.39 is 11.2 Å². The lowest BCUT2D eigenvalue weighted by Gasteiger charge is -2.17. The number of amides is 1. The van der Waals surface area contributed by atoms with E-state index in [1.54, 1.807) is 31.2 Å². The molecule has 0 aromatic heterocycles. The molecular weight excluding hydrogens is 334 g/mol. The number of carbonyl (C=O) groups is 2. The maximum atomic E-state index is 12.7. The molecule has 2 N–H and O–H groups in total. The van der Waals surface area contributed by atoms with Crippen molar-refractivity contribution in [2.75, 3.05) is 0 Å². The van der Waals surface area contributed by atoms with Gasteiger partial charge in [0.2, 0.25) is 0 Å². The summed E-state index contributed by atoms with van der Waals surface area (Å²) in [5.41, 5.74) is 3.94. The van der Waals surface area contributed by atoms with Crippen LogP contribution in [-0.2, 0) is 4.79 Å². The van der Waals surface area contributed by atoms with Crippen LogP contribution < -0.4 is 5.32 Å². The maximum absolute atomic E-state index is 12.7. The summed E-state index contributed by atoms with van der Waals surface area (Å²) in [5, 5.41) is 11.5. The van der Waals surface area contributed by atoms with Crippen LogP contribution in [0.25, 0.3) is 0 Å². The average molecular weight is 357 g/mol. The second kappa shape index (κ2) is 8.21. The quantitative estimate of drug-likeness (QED) is 0.754. The van der Waals surface area contributed by atoms with Gasteiger partial charge in [0.1, 0.15) is 5.25 Å². The van der Waals surface area contributed by atoms with E-state index in [2.05, 4.69) is 18.3 Å². The van der Waals surface area contributed by atoms with Crippen LogP contribution in [0.4, 0.5) is 0 Å². The predicted octanol–water partition coefficient (Wildman–Crippen LogP) is 4.36. The van der Waals surface area contributed by atoms with E-state index >= 15 is 0 Å². The number of hydrogen-bond acceptors (Lipinski definition) is 3. The highest BCUT2D eigenvalue weighted by Crippen LogP contribution is 2.27. The SMILES string of the molecule is Cc1ccc(C(C)NC(=O)c2ccccc2SC(C)C(=O)O)cc1C. The number of thioether (sulfide) groups is 1. The van der Waals surface area contributed by atoms with E-state index in [1.165, 1.54) is 22.9 Å². The lowest BCUT2D eigenvalue weighted by Crippen LogP contribution is -2.27. The van der Waals surface area contributed by atoms with Crippen molar-refractivity contribution >= 4 is 23.6 Å². The van der Waals surface area contributed by atoms with Crippen LogP contribution in [0, 0.1) is 13.8 Å². The molecule has 0 radical (unpaired) electrons. The van der Waals surface area contributed by atoms with Crippen LogP contribution in [0.3, 0.4) is 0 Å². The van der Waals surface area contributed by atoms with Crippen molar-refractivity contribution in [1.82, 2.24) is 5.32 Å². The number of carboxylic acid groups (broad SMARTS) is 1. The smallest absolute Gasteiger partial charge is 0.316 e. The Morgan fingerprint density at radius 2 is 1.72 bits per heavy atom. The monoisotopic (exact) mass is 357 g/mol. The molecule has 1 amide bonds. The summed E-state index contributed by atoms with van der Waals surface area (Å²) in [6, 6.07) is 13.1. The van der Waals surface area contributed by atoms with Gasteiger partial charge in [-0.25, -0.2) is 0 Å². The summed E-state index contributed by atoms with van der Waals surface area (Å²) in [5.74, 6) is -1.10. The third-order valence-electron chi connectivity index (χ3n) is 4.16. The van der Waals surface area contributed by atoms with Gasteiger partial charge in [0.25, 0.3) is 5.91 Å². The van der Waals surface area contributed by atoms with Gasteiger partial charge in [-0.3, -0.25) is 9.59 Å². The first kappa shape index (κ1) is 19.1. The average Bonchev–Trinajstić information content (AvgIpc) is 2.57. The molecule has 0 saturated carbocycles. The van der Waals surface area contributed by atoms with Crippen molar-refractivity contribution in [3.05, 3.63) is 64.7 Å². The van der Waals surface area contributed by atoms with Gasteiger partial charge in [0, 0.05) is 4.90 Å². The van der Waals surface area contributed by atoms with Crippen molar-refractivity contribution in [3.8, 4) is 0 Å². The summed E-state index contributed by atoms with van der Waals surface area (Å²) in [7, 11) is 0. The zero-order valence-corrected chi connectivity index (χ0v) is 15.7. The van der Waals surface area contributed by atoms with E-state index in [9.17, 15) is 9.59 Å². The molecule has 2 unspecified atom stereocenters. The van der Waals surface area contributed by atoms with Crippen molar-refractivity contribution in [1.29, 1.82) is 0 Å². The Bertz CT molecular complexity index is 788. The Kier molecular flexibility index (Phi) is 6.26. The minimum atomic E-state index is -0.899. The lowest BCUT2D eigenvalue weighted by atomic mass is 10.0. The largest absolute Gasteiger partial charge is 0.480 e. The van der Waals surface area contributed by atoms with E-state index in [1.807, 2.05) is 26.0 Å². The summed E-state index contributed by atoms with van der Waals surface area (Å²) in [6.07, 6.45) is 0. The fourth-order valence-electron chi connectivity index (χ4n) is 2.39. The Balaban J connectivity index is 2.17. The second-order valence-electron chi connectivity index (χ2n) is 6.13. The first-order chi connectivity index (χ1) is 11.8. The summed E-state index contributed by atoms with van der Waals surface area (Å²) in [6.45, 7) is 7.66. The molecule has 0 fully saturated rings. The first-order valence-electron chi connectivity index (χ1n) is 8.16. The number of nitrogens with one attached hydrogen (secondary N) is 1. The molecule has 25 heavy (non-hydrogen) atoms. The topological polar surface area (TPSA) is 66.4 Å². The normalized spacial score (nSPS) is 13.1. The molecule has 0 aliphatic carbocycles. The van der Waals surface area contributed by atoms with Crippen molar-refractivity contribution < 1.29 is 14.7 Å². The van der Waals surface area contributed by atoms with Crippen LogP contribution >= 0.6 is 11.8 Å². The number of benzene rings is 2. The minimum Gasteiger partial charge on any atom is -0.480 e. The van der Waals surface area contributed by atoms with Crippen LogP contribution in [0.1, 0.15) is 46.9 Å². The lowest BCUT2D eigenvalue weighted by molar-refractivity contribution is -0.136. The summed E-state index contributed by atoms with van der Waals surface area (Å²) in [4.78, 5) is 24.4. The van der Waals surface area contributed by atoms with Gasteiger partial charge < -0.3 is 10.4 Å². The van der Waals surface area contributed by atoms with Gasteiger partial charge in [-0.15, -0.1) is 11.8 Å². The molecule has 0 saturated heterocycles. The van der Waals surface area contributed by atoms with Crippen LogP contribution in [0.15, 0.2) is 47.4 Å². The van der Waals surface area contributed by atoms with Crippen LogP contribution in [0.5, 0.6) is 0 Å². The van der Waals surface area contributed by atoms with E-state index in [-0.39, 0.29) is 11.9 Å². The van der Waals surface area contributed by atoms with Gasteiger partial charge in [-0.2, -0.15) is 0 Å². The number of aliphatic carboxylic acids is 1. The van der Waals surface area contributed by atoms with Gasteiger partial charge in [0.05, 0.1) is 11.6 Å². The van der Waals surface area contributed by atoms with Crippen LogP contribution in [-0.4, -0.2) is 22.2 Å². The van der Waals surface area contributed by atoms with Gasteiger partial charge in [-0.1, -0.05) is 30.3 Å². The second-order valence-corrected chi connectivity index (χ2v) is 7.52. The van der Waals surface area contributed by atoms with E-state index in [0.29, 0.717) is 10.5 Å². The number of hydrogen-bond donors (Lipinski definition) is 2. The van der Waals surface area contributed by atoms with E-state index in [0.717, 1.165) is 5.56 Å². The standard InChI is InChI=1S/C20H23NO3S/c1-12-9-10-16(11-13(12)2)14(3)21-19(22)17-7-5-6-8-18(17)25-15(4)20(23)24/h5-11,14-15H,1-4H3,(H,21,22)(H,23,24). The molecule has 0 bridgehead atoms. The highest BCUT2D eigenvalue weighted by Gasteiger charge is 2.19. The Morgan fingerprint density at radius 3 is 2.36 bits per heavy atom. The van der Waals surface area contributed by atoms with E-state index in [4.69, 9.17) is 5.11 Å². The molecule has 0 heterocycles. The molecule has 0 aliphatic heterocycles. The fourth-order valence-corrected chi connectivity index (χ4v) is 3.32. The number of aryl methyl sites for hydroxylation is 2. The number of rotatable bonds is 6. The van der Waals surface area contributed by atoms with Crippen molar-refractivity contribution in [2.24, 2.45) is 0 Å². The Labute approximate surface area is 152 Å². The Morgan fingerprint density at radius 1 is 1.04 bits per heavy atom. The maximum Gasteiger partial charge on any atom is 0.316 e. The number of carboxylic acids is 1. The van der Waals surface area contributed by atoms with Crippen LogP contribution in [0.2, 0.25) is 0 Å². The van der Waals surface area contributed by atoms with Crippen molar-refractivity contribution in [2.45, 2.75) is 43.9 Å². The first-order valence-corrected chi connectivity index (χ1v) is 9.04. The fraction of sp³-hybridized carbons (Fsp3) is 0.300. The molecule has 0 spiro atoms. The molecule has 2 atom stereocenters. The molecule has 2 rings (SSSR count). The molecule has 2 aromatic rings. The highest BCUT2D eigenvalue weighted by molar-refractivity contribution is 8.00. The number of carbonyl (C=O) groups excluding carboxylic acids is 1. The van der Waals surface area contributed by atoms with Gasteiger partial charge >= 0.3 is 5.97 Å². The Hall–Kier alpha value is -2.27. The van der Waals surface area contributed by atoms with Gasteiger partial charge in [0.15, 0.2) is 0 Å². The summed E-state index contributed by atoms with van der Waals surface area (Å²) < 4.78 is 0. The zero-order valence-electron chi connectivity index (χ0n) is 14.9. The molecule has 4 nitrogen and oxygen atoms in total. The molecule has 5 heteroatoms. The third kappa shape index (κ3) is 4.86. The van der Waals surface area contributed by atoms with Gasteiger partial charge in [-0.05, 0) is 56.5 Å². The highest BCUT2D eigenvalue weighted by atomic mass is 32.2. The minimum absolute atomic E-state index is 0.137. The van der Waals surface area contributed by atoms with Crippen molar-refractivity contribution in [3.63, 3.8) is 0 Å². The zero-order chi connectivity index (χ0) is 18.6. The molecule has 2 aromatic carbocycles. The predicted molar refractivity (Wildman–Crippen MR) is 101 cm³/mol. The molecular formula is C20H23NO3S.